The molecule has 98 valence electrons. The van der Waals surface area contributed by atoms with Gasteiger partial charge in [0, 0.05) is 30.7 Å². The van der Waals surface area contributed by atoms with Crippen LogP contribution in [-0.4, -0.2) is 27.4 Å². The van der Waals surface area contributed by atoms with Gasteiger partial charge in [0.15, 0.2) is 5.16 Å². The molecule has 17 heavy (non-hydrogen) atoms. The van der Waals surface area contributed by atoms with Gasteiger partial charge in [-0.3, -0.25) is 0 Å². The number of hydrogen-bond acceptors (Lipinski definition) is 3. The highest BCUT2D eigenvalue weighted by atomic mass is 32.2. The number of nitrogens with one attached hydrogen (secondary N) is 1. The van der Waals surface area contributed by atoms with Crippen LogP contribution in [0.2, 0.25) is 0 Å². The number of thioether (sulfide) groups is 1. The van der Waals surface area contributed by atoms with Crippen molar-refractivity contribution in [3.63, 3.8) is 0 Å². The molecule has 2 atom stereocenters. The zero-order chi connectivity index (χ0) is 12.7. The summed E-state index contributed by atoms with van der Waals surface area (Å²) in [7, 11) is 2.06. The Labute approximate surface area is 109 Å². The van der Waals surface area contributed by atoms with Crippen LogP contribution >= 0.6 is 11.8 Å². The Kier molecular flexibility index (Phi) is 6.66. The molecule has 0 saturated heterocycles. The highest BCUT2D eigenvalue weighted by Gasteiger charge is 2.20. The van der Waals surface area contributed by atoms with Crippen LogP contribution in [0.3, 0.4) is 0 Å². The smallest absolute Gasteiger partial charge is 0.167 e. The topological polar surface area (TPSA) is 29.9 Å². The molecule has 1 aromatic heterocycles. The van der Waals surface area contributed by atoms with Gasteiger partial charge in [-0.2, -0.15) is 0 Å². The molecule has 1 aromatic rings. The molecule has 0 aliphatic heterocycles. The van der Waals surface area contributed by atoms with E-state index in [1.54, 1.807) is 0 Å². The normalized spacial score (nSPS) is 14.8. The van der Waals surface area contributed by atoms with Gasteiger partial charge in [0.1, 0.15) is 0 Å². The van der Waals surface area contributed by atoms with Crippen molar-refractivity contribution in [3.05, 3.63) is 12.4 Å². The van der Waals surface area contributed by atoms with Crippen LogP contribution in [0.5, 0.6) is 0 Å². The van der Waals surface area contributed by atoms with Crippen molar-refractivity contribution >= 4 is 11.8 Å². The molecule has 0 radical (unpaired) electrons. The van der Waals surface area contributed by atoms with E-state index in [1.807, 2.05) is 24.2 Å². The van der Waals surface area contributed by atoms with E-state index in [4.69, 9.17) is 0 Å². The van der Waals surface area contributed by atoms with Crippen LogP contribution in [0.25, 0.3) is 0 Å². The summed E-state index contributed by atoms with van der Waals surface area (Å²) in [5.41, 5.74) is 0. The van der Waals surface area contributed by atoms with Gasteiger partial charge in [-0.15, -0.1) is 0 Å². The van der Waals surface area contributed by atoms with Gasteiger partial charge in [0.25, 0.3) is 0 Å². The number of aryl methyl sites for hydroxylation is 1. The first-order valence-corrected chi connectivity index (χ1v) is 7.48. The van der Waals surface area contributed by atoms with E-state index in [9.17, 15) is 0 Å². The van der Waals surface area contributed by atoms with Gasteiger partial charge in [0.2, 0.25) is 0 Å². The molecule has 0 amide bonds. The molecule has 0 aliphatic rings. The molecule has 0 saturated carbocycles. The Morgan fingerprint density at radius 3 is 2.65 bits per heavy atom. The standard InChI is InChI=1S/C13H25N3S/c1-5-8-11(14-7-3)12(6-2)17-13-15-9-10-16(13)4/h9-12,14H,5-8H2,1-4H3. The number of imidazole rings is 1. The molecule has 4 heteroatoms. The summed E-state index contributed by atoms with van der Waals surface area (Å²) in [6.45, 7) is 7.74. The van der Waals surface area contributed by atoms with Crippen molar-refractivity contribution in [2.45, 2.75) is 56.5 Å². The van der Waals surface area contributed by atoms with E-state index in [0.717, 1.165) is 11.7 Å². The molecule has 1 rings (SSSR count). The second-order valence-electron chi connectivity index (χ2n) is 4.34. The highest BCUT2D eigenvalue weighted by Crippen LogP contribution is 2.27. The van der Waals surface area contributed by atoms with Crippen LogP contribution in [0.15, 0.2) is 17.6 Å². The first-order valence-electron chi connectivity index (χ1n) is 6.60. The number of nitrogens with zero attached hydrogens (tertiary/aromatic N) is 2. The Morgan fingerprint density at radius 2 is 2.18 bits per heavy atom. The largest absolute Gasteiger partial charge is 0.329 e. The van der Waals surface area contributed by atoms with Crippen molar-refractivity contribution in [1.29, 1.82) is 0 Å². The average Bonchev–Trinajstić information content (AvgIpc) is 2.71. The fraction of sp³-hybridized carbons (Fsp3) is 0.769. The third-order valence-corrected chi connectivity index (χ3v) is 4.52. The SMILES string of the molecule is CCCC(NCC)C(CC)Sc1nccn1C. The van der Waals surface area contributed by atoms with E-state index in [0.29, 0.717) is 11.3 Å². The lowest BCUT2D eigenvalue weighted by molar-refractivity contribution is 0.464. The molecule has 0 spiro atoms. The first kappa shape index (κ1) is 14.6. The average molecular weight is 255 g/mol. The van der Waals surface area contributed by atoms with E-state index < -0.39 is 0 Å². The first-order chi connectivity index (χ1) is 8.22. The Morgan fingerprint density at radius 1 is 1.41 bits per heavy atom. The maximum atomic E-state index is 4.40. The monoisotopic (exact) mass is 255 g/mol. The van der Waals surface area contributed by atoms with E-state index >= 15 is 0 Å². The van der Waals surface area contributed by atoms with Gasteiger partial charge < -0.3 is 9.88 Å². The van der Waals surface area contributed by atoms with E-state index in [-0.39, 0.29) is 0 Å². The molecule has 3 nitrogen and oxygen atoms in total. The number of rotatable bonds is 8. The molecule has 2 unspecified atom stereocenters. The minimum Gasteiger partial charge on any atom is -0.329 e. The van der Waals surface area contributed by atoms with E-state index in [2.05, 4.69) is 42.7 Å². The molecular weight excluding hydrogens is 230 g/mol. The molecule has 0 fully saturated rings. The van der Waals surface area contributed by atoms with Gasteiger partial charge in [-0.25, -0.2) is 4.98 Å². The van der Waals surface area contributed by atoms with Crippen LogP contribution < -0.4 is 5.32 Å². The Balaban J connectivity index is 2.64. The fourth-order valence-corrected chi connectivity index (χ4v) is 3.23. The predicted octanol–water partition coefficient (Wildman–Crippen LogP) is 3.07. The number of hydrogen-bond donors (Lipinski definition) is 1. The summed E-state index contributed by atoms with van der Waals surface area (Å²) < 4.78 is 2.10. The lowest BCUT2D eigenvalue weighted by Crippen LogP contribution is -2.37. The molecule has 0 aliphatic carbocycles. The van der Waals surface area contributed by atoms with Crippen LogP contribution in [0, 0.1) is 0 Å². The number of aromatic nitrogens is 2. The van der Waals surface area contributed by atoms with Crippen LogP contribution in [0.1, 0.15) is 40.0 Å². The quantitative estimate of drug-likeness (QED) is 0.724. The molecule has 1 N–H and O–H groups in total. The van der Waals surface area contributed by atoms with E-state index in [1.165, 1.54) is 19.3 Å². The maximum absolute atomic E-state index is 4.40. The minimum atomic E-state index is 0.594. The van der Waals surface area contributed by atoms with Gasteiger partial charge in [-0.05, 0) is 19.4 Å². The van der Waals surface area contributed by atoms with Crippen molar-refractivity contribution in [2.75, 3.05) is 6.54 Å². The minimum absolute atomic E-state index is 0.594. The zero-order valence-electron chi connectivity index (χ0n) is 11.4. The van der Waals surface area contributed by atoms with Crippen molar-refractivity contribution in [3.8, 4) is 0 Å². The molecule has 0 aromatic carbocycles. The fourth-order valence-electron chi connectivity index (χ4n) is 2.04. The van der Waals surface area contributed by atoms with Crippen molar-refractivity contribution in [2.24, 2.45) is 7.05 Å². The summed E-state index contributed by atoms with van der Waals surface area (Å²) in [4.78, 5) is 4.40. The summed E-state index contributed by atoms with van der Waals surface area (Å²) in [5.74, 6) is 0. The summed E-state index contributed by atoms with van der Waals surface area (Å²) >= 11 is 1.90. The summed E-state index contributed by atoms with van der Waals surface area (Å²) in [5, 5.41) is 5.34. The predicted molar refractivity (Wildman–Crippen MR) is 75.5 cm³/mol. The van der Waals surface area contributed by atoms with Gasteiger partial charge in [0.05, 0.1) is 0 Å². The highest BCUT2D eigenvalue weighted by molar-refractivity contribution is 7.99. The Bertz CT molecular complexity index is 305. The summed E-state index contributed by atoms with van der Waals surface area (Å²) in [6, 6.07) is 0.594. The Hall–Kier alpha value is -0.480. The molecule has 1 heterocycles. The third-order valence-electron chi connectivity index (χ3n) is 2.95. The summed E-state index contributed by atoms with van der Waals surface area (Å²) in [6.07, 6.45) is 7.53. The van der Waals surface area contributed by atoms with Crippen LogP contribution in [-0.2, 0) is 7.05 Å². The molecule has 0 bridgehead atoms. The maximum Gasteiger partial charge on any atom is 0.167 e. The lowest BCUT2D eigenvalue weighted by Gasteiger charge is -2.26. The second kappa shape index (κ2) is 7.77. The third kappa shape index (κ3) is 4.36. The molecular formula is C13H25N3S. The van der Waals surface area contributed by atoms with Crippen LogP contribution in [0.4, 0.5) is 0 Å². The zero-order valence-corrected chi connectivity index (χ0v) is 12.3. The second-order valence-corrected chi connectivity index (χ2v) is 5.54. The van der Waals surface area contributed by atoms with Gasteiger partial charge in [-0.1, -0.05) is 39.0 Å². The van der Waals surface area contributed by atoms with Gasteiger partial charge >= 0.3 is 0 Å². The lowest BCUT2D eigenvalue weighted by atomic mass is 10.1. The van der Waals surface area contributed by atoms with Crippen molar-refractivity contribution < 1.29 is 0 Å². The van der Waals surface area contributed by atoms with Crippen molar-refractivity contribution in [1.82, 2.24) is 14.9 Å².